The van der Waals surface area contributed by atoms with E-state index in [4.69, 9.17) is 15.2 Å². The van der Waals surface area contributed by atoms with Gasteiger partial charge >= 0.3 is 0 Å². The van der Waals surface area contributed by atoms with Gasteiger partial charge in [0.15, 0.2) is 0 Å². The van der Waals surface area contributed by atoms with Gasteiger partial charge < -0.3 is 15.2 Å². The number of hydrogen-bond acceptors (Lipinski definition) is 4. The third-order valence-corrected chi connectivity index (χ3v) is 6.13. The van der Waals surface area contributed by atoms with E-state index in [-0.39, 0.29) is 11.6 Å². The summed E-state index contributed by atoms with van der Waals surface area (Å²) in [6.45, 7) is 4.72. The van der Waals surface area contributed by atoms with Crippen LogP contribution in [0.4, 0.5) is 0 Å². The van der Waals surface area contributed by atoms with Gasteiger partial charge in [0.05, 0.1) is 5.60 Å². The normalized spacial score (nSPS) is 27.6. The molecule has 0 saturated carbocycles. The molecule has 3 nitrogen and oxygen atoms in total. The SMILES string of the molecule is CCc1ccc(C(N)C2CCOC3(CCOCC3)C2)s1. The van der Waals surface area contributed by atoms with Crippen LogP contribution in [0.2, 0.25) is 0 Å². The van der Waals surface area contributed by atoms with Crippen molar-refractivity contribution in [1.82, 2.24) is 0 Å². The zero-order valence-corrected chi connectivity index (χ0v) is 13.1. The molecule has 112 valence electrons. The van der Waals surface area contributed by atoms with Crippen LogP contribution >= 0.6 is 11.3 Å². The molecular formula is C16H25NO2S. The zero-order chi connectivity index (χ0) is 14.0. The van der Waals surface area contributed by atoms with E-state index in [2.05, 4.69) is 19.1 Å². The number of hydrogen-bond donors (Lipinski definition) is 1. The Morgan fingerprint density at radius 1 is 1.35 bits per heavy atom. The summed E-state index contributed by atoms with van der Waals surface area (Å²) in [6, 6.07) is 4.62. The lowest BCUT2D eigenvalue weighted by Crippen LogP contribution is -2.46. The van der Waals surface area contributed by atoms with Crippen molar-refractivity contribution in [2.75, 3.05) is 19.8 Å². The molecule has 1 spiro atoms. The third-order valence-electron chi connectivity index (χ3n) is 4.80. The predicted octanol–water partition coefficient (Wildman–Crippen LogP) is 3.29. The Labute approximate surface area is 125 Å². The Morgan fingerprint density at radius 3 is 2.85 bits per heavy atom. The number of rotatable bonds is 3. The Kier molecular flexibility index (Phi) is 4.46. The van der Waals surface area contributed by atoms with Gasteiger partial charge in [-0.05, 0) is 50.2 Å². The fraction of sp³-hybridized carbons (Fsp3) is 0.750. The lowest BCUT2D eigenvalue weighted by atomic mass is 9.77. The van der Waals surface area contributed by atoms with E-state index < -0.39 is 0 Å². The molecule has 0 aliphatic carbocycles. The van der Waals surface area contributed by atoms with Gasteiger partial charge in [-0.3, -0.25) is 0 Å². The summed E-state index contributed by atoms with van der Waals surface area (Å²) < 4.78 is 11.6. The van der Waals surface area contributed by atoms with E-state index in [0.29, 0.717) is 5.92 Å². The fourth-order valence-electron chi connectivity index (χ4n) is 3.46. The number of nitrogens with two attached hydrogens (primary N) is 1. The van der Waals surface area contributed by atoms with Crippen molar-refractivity contribution in [2.45, 2.75) is 50.7 Å². The highest BCUT2D eigenvalue weighted by atomic mass is 32.1. The first-order valence-electron chi connectivity index (χ1n) is 7.78. The van der Waals surface area contributed by atoms with E-state index in [9.17, 15) is 0 Å². The maximum Gasteiger partial charge on any atom is 0.0729 e. The van der Waals surface area contributed by atoms with Crippen LogP contribution in [-0.4, -0.2) is 25.4 Å². The van der Waals surface area contributed by atoms with Gasteiger partial charge in [0.1, 0.15) is 0 Å². The molecule has 2 fully saturated rings. The maximum atomic E-state index is 6.55. The summed E-state index contributed by atoms with van der Waals surface area (Å²) in [4.78, 5) is 2.78. The second kappa shape index (κ2) is 6.14. The van der Waals surface area contributed by atoms with Gasteiger partial charge in [-0.25, -0.2) is 0 Å². The van der Waals surface area contributed by atoms with Gasteiger partial charge in [0.25, 0.3) is 0 Å². The summed E-state index contributed by atoms with van der Waals surface area (Å²) in [5, 5.41) is 0. The highest BCUT2D eigenvalue weighted by Crippen LogP contribution is 2.42. The molecule has 20 heavy (non-hydrogen) atoms. The standard InChI is InChI=1S/C16H25NO2S/c1-2-13-3-4-14(20-13)15(17)12-5-8-19-16(11-12)6-9-18-10-7-16/h3-4,12,15H,2,5-11,17H2,1H3. The smallest absolute Gasteiger partial charge is 0.0729 e. The molecule has 4 heteroatoms. The Bertz CT molecular complexity index is 434. The summed E-state index contributed by atoms with van der Waals surface area (Å²) in [5.74, 6) is 0.546. The molecule has 2 aliphatic heterocycles. The molecule has 0 radical (unpaired) electrons. The van der Waals surface area contributed by atoms with Crippen molar-refractivity contribution in [3.05, 3.63) is 21.9 Å². The van der Waals surface area contributed by atoms with E-state index in [1.54, 1.807) is 0 Å². The lowest BCUT2D eigenvalue weighted by Gasteiger charge is -2.44. The summed E-state index contributed by atoms with van der Waals surface area (Å²) in [6.07, 6.45) is 5.34. The van der Waals surface area contributed by atoms with Gasteiger partial charge in [0, 0.05) is 35.6 Å². The van der Waals surface area contributed by atoms with E-state index in [0.717, 1.165) is 51.9 Å². The molecule has 1 aromatic heterocycles. The molecule has 1 aromatic rings. The molecule has 2 aliphatic rings. The predicted molar refractivity (Wildman–Crippen MR) is 82.1 cm³/mol. The minimum Gasteiger partial charge on any atom is -0.381 e. The molecular weight excluding hydrogens is 270 g/mol. The topological polar surface area (TPSA) is 44.5 Å². The molecule has 0 bridgehead atoms. The van der Waals surface area contributed by atoms with Crippen LogP contribution < -0.4 is 5.73 Å². The largest absolute Gasteiger partial charge is 0.381 e. The van der Waals surface area contributed by atoms with Crippen molar-refractivity contribution in [1.29, 1.82) is 0 Å². The van der Waals surface area contributed by atoms with Crippen molar-refractivity contribution < 1.29 is 9.47 Å². The monoisotopic (exact) mass is 295 g/mol. The van der Waals surface area contributed by atoms with Crippen LogP contribution in [0, 0.1) is 5.92 Å². The van der Waals surface area contributed by atoms with Gasteiger partial charge in [0.2, 0.25) is 0 Å². The van der Waals surface area contributed by atoms with Crippen molar-refractivity contribution in [2.24, 2.45) is 11.7 Å². The zero-order valence-electron chi connectivity index (χ0n) is 12.3. The molecule has 2 atom stereocenters. The minimum atomic E-state index is 0.0453. The second-order valence-corrected chi connectivity index (χ2v) is 7.28. The number of thiophene rings is 1. The van der Waals surface area contributed by atoms with Gasteiger partial charge in [-0.15, -0.1) is 11.3 Å². The Hall–Kier alpha value is -0.420. The number of aryl methyl sites for hydroxylation is 1. The first-order valence-corrected chi connectivity index (χ1v) is 8.60. The lowest BCUT2D eigenvalue weighted by molar-refractivity contribution is -0.149. The van der Waals surface area contributed by atoms with Crippen molar-refractivity contribution >= 4 is 11.3 Å². The van der Waals surface area contributed by atoms with Crippen LogP contribution in [0.15, 0.2) is 12.1 Å². The Balaban J connectivity index is 1.69. The van der Waals surface area contributed by atoms with E-state index in [1.165, 1.54) is 9.75 Å². The molecule has 2 unspecified atom stereocenters. The highest BCUT2D eigenvalue weighted by molar-refractivity contribution is 7.12. The van der Waals surface area contributed by atoms with E-state index in [1.807, 2.05) is 11.3 Å². The van der Waals surface area contributed by atoms with Crippen LogP contribution in [0.25, 0.3) is 0 Å². The number of ether oxygens (including phenoxy) is 2. The van der Waals surface area contributed by atoms with Crippen LogP contribution in [0.5, 0.6) is 0 Å². The third kappa shape index (κ3) is 2.93. The highest BCUT2D eigenvalue weighted by Gasteiger charge is 2.41. The molecule has 3 heterocycles. The fourth-order valence-corrected chi connectivity index (χ4v) is 4.51. The quantitative estimate of drug-likeness (QED) is 0.930. The summed E-state index contributed by atoms with van der Waals surface area (Å²) >= 11 is 1.88. The average molecular weight is 295 g/mol. The van der Waals surface area contributed by atoms with Gasteiger partial charge in [-0.1, -0.05) is 6.92 Å². The second-order valence-electron chi connectivity index (χ2n) is 6.08. The van der Waals surface area contributed by atoms with Crippen LogP contribution in [0.1, 0.15) is 48.4 Å². The first-order chi connectivity index (χ1) is 9.72. The summed E-state index contributed by atoms with van der Waals surface area (Å²) in [5.41, 5.74) is 6.60. The average Bonchev–Trinajstić information content (AvgIpc) is 2.96. The van der Waals surface area contributed by atoms with Gasteiger partial charge in [-0.2, -0.15) is 0 Å². The van der Waals surface area contributed by atoms with Crippen LogP contribution in [0.3, 0.4) is 0 Å². The van der Waals surface area contributed by atoms with Crippen molar-refractivity contribution in [3.63, 3.8) is 0 Å². The first kappa shape index (κ1) is 14.5. The molecule has 2 N–H and O–H groups in total. The maximum absolute atomic E-state index is 6.55. The van der Waals surface area contributed by atoms with Crippen LogP contribution in [-0.2, 0) is 15.9 Å². The van der Waals surface area contributed by atoms with E-state index >= 15 is 0 Å². The Morgan fingerprint density at radius 2 is 2.15 bits per heavy atom. The molecule has 3 rings (SSSR count). The molecule has 2 saturated heterocycles. The minimum absolute atomic E-state index is 0.0453. The molecule has 0 amide bonds. The van der Waals surface area contributed by atoms with Crippen molar-refractivity contribution in [3.8, 4) is 0 Å². The molecule has 0 aromatic carbocycles. The summed E-state index contributed by atoms with van der Waals surface area (Å²) in [7, 11) is 0.